The number of benzene rings is 2. The van der Waals surface area contributed by atoms with Gasteiger partial charge in [-0.05, 0) is 36.2 Å². The molecule has 0 aliphatic heterocycles. The Morgan fingerprint density at radius 3 is 2.62 bits per heavy atom. The molecule has 21 heavy (non-hydrogen) atoms. The molecule has 2 aromatic carbocycles. The number of halogens is 1. The molecule has 1 amide bonds. The number of carbonyl (C=O) groups excluding carboxylic acids is 1. The zero-order valence-electron chi connectivity index (χ0n) is 11.5. The molecule has 0 unspecified atom stereocenters. The monoisotopic (exact) mass is 318 g/mol. The van der Waals surface area contributed by atoms with E-state index in [1.165, 1.54) is 0 Å². The molecule has 0 fully saturated rings. The van der Waals surface area contributed by atoms with E-state index >= 15 is 0 Å². The molecule has 2 rings (SSSR count). The van der Waals surface area contributed by atoms with Crippen LogP contribution in [0.3, 0.4) is 0 Å². The van der Waals surface area contributed by atoms with Crippen LogP contribution in [0.15, 0.2) is 42.5 Å². The zero-order chi connectivity index (χ0) is 15.4. The zero-order valence-corrected chi connectivity index (χ0v) is 13.1. The first-order chi connectivity index (χ1) is 9.97. The highest BCUT2D eigenvalue weighted by atomic mass is 35.5. The van der Waals surface area contributed by atoms with E-state index < -0.39 is 0 Å². The predicted molar refractivity (Wildman–Crippen MR) is 90.9 cm³/mol. The van der Waals surface area contributed by atoms with Gasteiger partial charge in [0.25, 0.3) is 0 Å². The Morgan fingerprint density at radius 2 is 2.00 bits per heavy atom. The smallest absolute Gasteiger partial charge is 0.228 e. The first kappa shape index (κ1) is 15.5. The molecule has 0 radical (unpaired) electrons. The van der Waals surface area contributed by atoms with Crippen LogP contribution in [0.5, 0.6) is 0 Å². The van der Waals surface area contributed by atoms with E-state index in [1.54, 1.807) is 18.2 Å². The number of amides is 1. The van der Waals surface area contributed by atoms with Crippen molar-refractivity contribution in [3.05, 3.63) is 64.2 Å². The summed E-state index contributed by atoms with van der Waals surface area (Å²) in [5.74, 6) is -0.116. The van der Waals surface area contributed by atoms with Crippen LogP contribution < -0.4 is 11.1 Å². The first-order valence-electron chi connectivity index (χ1n) is 6.41. The summed E-state index contributed by atoms with van der Waals surface area (Å²) in [6.45, 7) is 1.98. The van der Waals surface area contributed by atoms with Crippen molar-refractivity contribution in [2.24, 2.45) is 5.73 Å². The number of carbonyl (C=O) groups is 1. The summed E-state index contributed by atoms with van der Waals surface area (Å²) in [7, 11) is 0. The van der Waals surface area contributed by atoms with Gasteiger partial charge in [0.15, 0.2) is 0 Å². The minimum Gasteiger partial charge on any atom is -0.389 e. The molecule has 0 heterocycles. The Hall–Kier alpha value is -1.91. The molecule has 0 bridgehead atoms. The summed E-state index contributed by atoms with van der Waals surface area (Å²) in [6, 6.07) is 12.9. The molecule has 2 aromatic rings. The van der Waals surface area contributed by atoms with E-state index in [0.717, 1.165) is 11.1 Å². The number of anilines is 1. The number of hydrogen-bond acceptors (Lipinski definition) is 2. The van der Waals surface area contributed by atoms with Crippen molar-refractivity contribution in [2.45, 2.75) is 13.3 Å². The molecule has 3 nitrogen and oxygen atoms in total. The Balaban J connectivity index is 2.10. The summed E-state index contributed by atoms with van der Waals surface area (Å²) in [4.78, 5) is 12.4. The topological polar surface area (TPSA) is 55.1 Å². The fourth-order valence-electron chi connectivity index (χ4n) is 1.95. The van der Waals surface area contributed by atoms with E-state index in [1.807, 2.05) is 31.2 Å². The second kappa shape index (κ2) is 6.70. The van der Waals surface area contributed by atoms with Crippen molar-refractivity contribution >= 4 is 40.4 Å². The van der Waals surface area contributed by atoms with Gasteiger partial charge in [-0.1, -0.05) is 48.1 Å². The van der Waals surface area contributed by atoms with Crippen LogP contribution in [0.4, 0.5) is 5.69 Å². The van der Waals surface area contributed by atoms with Crippen molar-refractivity contribution in [1.82, 2.24) is 0 Å². The highest BCUT2D eigenvalue weighted by Crippen LogP contribution is 2.23. The minimum atomic E-state index is -0.116. The Labute approximate surface area is 134 Å². The Kier molecular flexibility index (Phi) is 4.94. The van der Waals surface area contributed by atoms with E-state index in [4.69, 9.17) is 29.6 Å². The number of hydrogen-bond donors (Lipinski definition) is 2. The summed E-state index contributed by atoms with van der Waals surface area (Å²) in [5, 5.41) is 3.21. The molecular weight excluding hydrogens is 304 g/mol. The van der Waals surface area contributed by atoms with E-state index in [2.05, 4.69) is 5.32 Å². The third-order valence-corrected chi connectivity index (χ3v) is 3.69. The lowest BCUT2D eigenvalue weighted by Crippen LogP contribution is -2.16. The van der Waals surface area contributed by atoms with Gasteiger partial charge < -0.3 is 11.1 Å². The van der Waals surface area contributed by atoms with Gasteiger partial charge >= 0.3 is 0 Å². The molecule has 0 saturated heterocycles. The molecular formula is C16H15ClN2OS. The lowest BCUT2D eigenvalue weighted by molar-refractivity contribution is -0.115. The summed E-state index contributed by atoms with van der Waals surface area (Å²) in [5.41, 5.74) is 8.84. The first-order valence-corrected chi connectivity index (χ1v) is 7.19. The van der Waals surface area contributed by atoms with Gasteiger partial charge in [-0.25, -0.2) is 0 Å². The van der Waals surface area contributed by atoms with Crippen LogP contribution in [0.2, 0.25) is 5.02 Å². The van der Waals surface area contributed by atoms with Crippen LogP contribution in [-0.2, 0) is 11.2 Å². The van der Waals surface area contributed by atoms with Crippen molar-refractivity contribution in [3.63, 3.8) is 0 Å². The van der Waals surface area contributed by atoms with Crippen LogP contribution in [0, 0.1) is 6.92 Å². The lowest BCUT2D eigenvalue weighted by atomic mass is 10.1. The van der Waals surface area contributed by atoms with Crippen molar-refractivity contribution in [3.8, 4) is 0 Å². The van der Waals surface area contributed by atoms with Crippen LogP contribution >= 0.6 is 23.8 Å². The fourth-order valence-corrected chi connectivity index (χ4v) is 2.30. The second-order valence-electron chi connectivity index (χ2n) is 4.71. The van der Waals surface area contributed by atoms with Gasteiger partial charge in [0.2, 0.25) is 5.91 Å². The van der Waals surface area contributed by atoms with Crippen LogP contribution in [-0.4, -0.2) is 10.9 Å². The molecule has 108 valence electrons. The van der Waals surface area contributed by atoms with Crippen molar-refractivity contribution < 1.29 is 4.79 Å². The largest absolute Gasteiger partial charge is 0.389 e. The molecule has 0 saturated carbocycles. The van der Waals surface area contributed by atoms with Gasteiger partial charge in [-0.15, -0.1) is 0 Å². The summed E-state index contributed by atoms with van der Waals surface area (Å²) >= 11 is 11.0. The molecule has 0 aromatic heterocycles. The highest BCUT2D eigenvalue weighted by Gasteiger charge is 2.09. The average Bonchev–Trinajstić information content (AvgIpc) is 2.43. The number of thiocarbonyl (C=S) groups is 1. The Morgan fingerprint density at radius 1 is 1.29 bits per heavy atom. The average molecular weight is 319 g/mol. The molecule has 0 aliphatic rings. The molecule has 0 aliphatic carbocycles. The molecule has 0 spiro atoms. The minimum absolute atomic E-state index is 0.116. The Bertz CT molecular complexity index is 700. The van der Waals surface area contributed by atoms with Crippen molar-refractivity contribution in [2.75, 3.05) is 5.32 Å². The SMILES string of the molecule is Cc1ccccc1CC(=O)Nc1ccc(C(N)=S)cc1Cl. The molecule has 3 N–H and O–H groups in total. The standard InChI is InChI=1S/C16H15ClN2OS/c1-10-4-2-3-5-11(10)9-15(20)19-14-7-6-12(16(18)21)8-13(14)17/h2-8H,9H2,1H3,(H2,18,21)(H,19,20). The maximum atomic E-state index is 12.1. The predicted octanol–water partition coefficient (Wildman–Crippen LogP) is 3.46. The van der Waals surface area contributed by atoms with E-state index in [-0.39, 0.29) is 10.9 Å². The van der Waals surface area contributed by atoms with Crippen molar-refractivity contribution in [1.29, 1.82) is 0 Å². The number of nitrogens with two attached hydrogens (primary N) is 1. The van der Waals surface area contributed by atoms with Gasteiger partial charge in [-0.2, -0.15) is 0 Å². The maximum Gasteiger partial charge on any atom is 0.228 e. The van der Waals surface area contributed by atoms with Crippen LogP contribution in [0.25, 0.3) is 0 Å². The van der Waals surface area contributed by atoms with E-state index in [9.17, 15) is 4.79 Å². The van der Waals surface area contributed by atoms with Gasteiger partial charge in [0.1, 0.15) is 4.99 Å². The molecule has 5 heteroatoms. The summed E-state index contributed by atoms with van der Waals surface area (Å²) in [6.07, 6.45) is 0.306. The number of nitrogens with one attached hydrogen (secondary N) is 1. The number of rotatable bonds is 4. The van der Waals surface area contributed by atoms with Gasteiger partial charge in [0.05, 0.1) is 17.1 Å². The van der Waals surface area contributed by atoms with Gasteiger partial charge in [0, 0.05) is 5.56 Å². The third-order valence-electron chi connectivity index (χ3n) is 3.14. The molecule has 0 atom stereocenters. The second-order valence-corrected chi connectivity index (χ2v) is 5.56. The van der Waals surface area contributed by atoms with Crippen LogP contribution in [0.1, 0.15) is 16.7 Å². The lowest BCUT2D eigenvalue weighted by Gasteiger charge is -2.10. The quantitative estimate of drug-likeness (QED) is 0.849. The normalized spacial score (nSPS) is 10.2. The highest BCUT2D eigenvalue weighted by molar-refractivity contribution is 7.80. The van der Waals surface area contributed by atoms with E-state index in [0.29, 0.717) is 22.7 Å². The fraction of sp³-hybridized carbons (Fsp3) is 0.125. The third kappa shape index (κ3) is 4.03. The summed E-state index contributed by atoms with van der Waals surface area (Å²) < 4.78 is 0. The maximum absolute atomic E-state index is 12.1. The number of aryl methyl sites for hydroxylation is 1. The van der Waals surface area contributed by atoms with Gasteiger partial charge in [-0.3, -0.25) is 4.79 Å².